The summed E-state index contributed by atoms with van der Waals surface area (Å²) in [5.74, 6) is -0.795. The minimum Gasteiger partial charge on any atom is -0.619 e. The largest absolute Gasteiger partial charge is 0.619 e. The van der Waals surface area contributed by atoms with Crippen LogP contribution in [0.2, 0.25) is 0 Å². The highest BCUT2D eigenvalue weighted by Crippen LogP contribution is 2.47. The maximum Gasteiger partial charge on any atom is 0.339 e. The fourth-order valence-corrected chi connectivity index (χ4v) is 4.42. The molecule has 2 aliphatic rings. The van der Waals surface area contributed by atoms with Crippen molar-refractivity contribution in [2.45, 2.75) is 31.3 Å². The summed E-state index contributed by atoms with van der Waals surface area (Å²) in [5.41, 5.74) is 1.60. The van der Waals surface area contributed by atoms with Crippen LogP contribution in [0.15, 0.2) is 48.8 Å². The molecule has 1 aliphatic heterocycles. The van der Waals surface area contributed by atoms with Crippen molar-refractivity contribution in [2.75, 3.05) is 5.32 Å². The second-order valence-electron chi connectivity index (χ2n) is 7.95. The summed E-state index contributed by atoms with van der Waals surface area (Å²) in [5, 5.41) is 21.5. The average molecular weight is 422 g/mol. The van der Waals surface area contributed by atoms with Crippen molar-refractivity contribution < 1.29 is 23.4 Å². The monoisotopic (exact) mass is 422 g/mol. The van der Waals surface area contributed by atoms with E-state index in [1.807, 2.05) is 0 Å². The van der Waals surface area contributed by atoms with Gasteiger partial charge in [-0.05, 0) is 55.5 Å². The van der Waals surface area contributed by atoms with Gasteiger partial charge in [0.1, 0.15) is 11.4 Å². The normalized spacial score (nSPS) is 22.2. The molecule has 1 aliphatic carbocycles. The SMILES string of the molecule is O=C1OC2(CCC(C(=O)Nc3cc(-c4ccc(F)cc4)[nH]n3)CC2)c2c[n+]([O-])ccc21. The number of carbonyl (C=O) groups excluding carboxylic acids is 2. The fourth-order valence-electron chi connectivity index (χ4n) is 4.42. The zero-order valence-electron chi connectivity index (χ0n) is 16.4. The Morgan fingerprint density at radius 3 is 2.74 bits per heavy atom. The number of anilines is 1. The number of amides is 1. The third-order valence-corrected chi connectivity index (χ3v) is 6.08. The number of carbonyl (C=O) groups is 2. The number of aromatic nitrogens is 3. The van der Waals surface area contributed by atoms with E-state index in [2.05, 4.69) is 15.5 Å². The van der Waals surface area contributed by atoms with Crippen LogP contribution in [0.3, 0.4) is 0 Å². The van der Waals surface area contributed by atoms with Crippen LogP contribution in [-0.4, -0.2) is 22.1 Å². The Bertz CT molecular complexity index is 1170. The van der Waals surface area contributed by atoms with E-state index >= 15 is 0 Å². The highest BCUT2D eigenvalue weighted by atomic mass is 19.1. The molecule has 1 fully saturated rings. The van der Waals surface area contributed by atoms with E-state index in [-0.39, 0.29) is 17.6 Å². The van der Waals surface area contributed by atoms with Gasteiger partial charge in [0.2, 0.25) is 5.91 Å². The standard InChI is InChI=1S/C22H19FN4O4/c23-15-3-1-13(2-4-15)18-11-19(26-25-18)24-20(28)14-5-8-22(9-6-14)17-12-27(30)10-7-16(17)21(29)31-22/h1-4,7,10-12,14H,5-6,8-9H2,(H2,24,25,26,28). The van der Waals surface area contributed by atoms with Gasteiger partial charge in [-0.15, -0.1) is 0 Å². The molecule has 2 N–H and O–H groups in total. The number of pyridine rings is 1. The van der Waals surface area contributed by atoms with E-state index < -0.39 is 11.6 Å². The first-order valence-electron chi connectivity index (χ1n) is 10.0. The van der Waals surface area contributed by atoms with Gasteiger partial charge in [0.25, 0.3) is 0 Å². The minimum atomic E-state index is -0.835. The van der Waals surface area contributed by atoms with Crippen molar-refractivity contribution in [3.63, 3.8) is 0 Å². The van der Waals surface area contributed by atoms with Crippen molar-refractivity contribution in [1.29, 1.82) is 0 Å². The van der Waals surface area contributed by atoms with Crippen molar-refractivity contribution in [2.24, 2.45) is 5.92 Å². The van der Waals surface area contributed by atoms with Crippen LogP contribution in [0.1, 0.15) is 41.6 Å². The smallest absolute Gasteiger partial charge is 0.339 e. The molecule has 0 saturated heterocycles. The molecule has 1 spiro atoms. The van der Waals surface area contributed by atoms with Crippen LogP contribution in [-0.2, 0) is 15.1 Å². The number of nitrogens with zero attached hydrogens (tertiary/aromatic N) is 2. The van der Waals surface area contributed by atoms with Gasteiger partial charge in [0, 0.05) is 18.1 Å². The summed E-state index contributed by atoms with van der Waals surface area (Å²) < 4.78 is 19.4. The first-order valence-corrected chi connectivity index (χ1v) is 10.0. The number of hydrogen-bond donors (Lipinski definition) is 2. The molecule has 5 rings (SSSR count). The van der Waals surface area contributed by atoms with E-state index in [1.165, 1.54) is 30.6 Å². The lowest BCUT2D eigenvalue weighted by Crippen LogP contribution is -2.37. The molecule has 2 aromatic heterocycles. The first-order chi connectivity index (χ1) is 14.9. The summed E-state index contributed by atoms with van der Waals surface area (Å²) in [4.78, 5) is 24.9. The zero-order valence-corrected chi connectivity index (χ0v) is 16.4. The third-order valence-electron chi connectivity index (χ3n) is 6.08. The Kier molecular flexibility index (Phi) is 4.46. The lowest BCUT2D eigenvalue weighted by molar-refractivity contribution is -0.606. The third kappa shape index (κ3) is 3.41. The molecule has 8 nitrogen and oxygen atoms in total. The summed E-state index contributed by atoms with van der Waals surface area (Å²) in [6.07, 6.45) is 4.64. The highest BCUT2D eigenvalue weighted by molar-refractivity contribution is 5.95. The quantitative estimate of drug-likeness (QED) is 0.383. The van der Waals surface area contributed by atoms with Crippen molar-refractivity contribution in [3.8, 4) is 11.3 Å². The summed E-state index contributed by atoms with van der Waals surface area (Å²) >= 11 is 0. The Balaban J connectivity index is 1.25. The number of benzene rings is 1. The molecular weight excluding hydrogens is 403 g/mol. The molecule has 0 radical (unpaired) electrons. The van der Waals surface area contributed by atoms with Crippen molar-refractivity contribution in [1.82, 2.24) is 10.2 Å². The highest BCUT2D eigenvalue weighted by Gasteiger charge is 2.50. The molecule has 3 aromatic rings. The Labute approximate surface area is 176 Å². The van der Waals surface area contributed by atoms with Gasteiger partial charge in [-0.2, -0.15) is 9.83 Å². The van der Waals surface area contributed by atoms with Crippen LogP contribution in [0, 0.1) is 16.9 Å². The number of ether oxygens (including phenoxy) is 1. The second kappa shape index (κ2) is 7.19. The zero-order chi connectivity index (χ0) is 21.6. The number of aromatic amines is 1. The first kappa shape index (κ1) is 19.2. The predicted octanol–water partition coefficient (Wildman–Crippen LogP) is 3.04. The fraction of sp³-hybridized carbons (Fsp3) is 0.273. The molecule has 9 heteroatoms. The second-order valence-corrected chi connectivity index (χ2v) is 7.95. The van der Waals surface area contributed by atoms with Gasteiger partial charge in [-0.25, -0.2) is 9.18 Å². The Morgan fingerprint density at radius 2 is 2.00 bits per heavy atom. The van der Waals surface area contributed by atoms with E-state index in [9.17, 15) is 19.2 Å². The molecule has 158 valence electrons. The molecule has 1 aromatic carbocycles. The average Bonchev–Trinajstić information content (AvgIpc) is 3.32. The molecule has 3 heterocycles. The summed E-state index contributed by atoms with van der Waals surface area (Å²) in [7, 11) is 0. The Morgan fingerprint density at radius 1 is 1.26 bits per heavy atom. The number of hydrogen-bond acceptors (Lipinski definition) is 5. The molecule has 1 amide bonds. The molecule has 1 saturated carbocycles. The van der Waals surface area contributed by atoms with Gasteiger partial charge >= 0.3 is 5.97 Å². The van der Waals surface area contributed by atoms with Gasteiger partial charge in [-0.1, -0.05) is 0 Å². The number of fused-ring (bicyclic) bond motifs is 2. The lowest BCUT2D eigenvalue weighted by Gasteiger charge is -2.35. The van der Waals surface area contributed by atoms with Gasteiger partial charge < -0.3 is 15.3 Å². The molecule has 31 heavy (non-hydrogen) atoms. The number of esters is 1. The number of halogens is 1. The van der Waals surface area contributed by atoms with Crippen molar-refractivity contribution >= 4 is 17.7 Å². The molecule has 0 unspecified atom stereocenters. The molecule has 0 bridgehead atoms. The van der Waals surface area contributed by atoms with Gasteiger partial charge in [0.15, 0.2) is 18.2 Å². The summed E-state index contributed by atoms with van der Waals surface area (Å²) in [6.45, 7) is 0. The van der Waals surface area contributed by atoms with Crippen LogP contribution in [0.25, 0.3) is 11.3 Å². The van der Waals surface area contributed by atoms with Crippen LogP contribution in [0.5, 0.6) is 0 Å². The molecule has 0 atom stereocenters. The van der Waals surface area contributed by atoms with E-state index in [0.717, 1.165) is 5.56 Å². The van der Waals surface area contributed by atoms with Crippen LogP contribution in [0.4, 0.5) is 10.2 Å². The number of nitrogens with one attached hydrogen (secondary N) is 2. The lowest BCUT2D eigenvalue weighted by atomic mass is 9.75. The molecular formula is C22H19FN4O4. The van der Waals surface area contributed by atoms with Crippen molar-refractivity contribution in [3.05, 3.63) is 70.9 Å². The van der Waals surface area contributed by atoms with Crippen LogP contribution < -0.4 is 10.0 Å². The topological polar surface area (TPSA) is 111 Å². The predicted molar refractivity (Wildman–Crippen MR) is 107 cm³/mol. The number of H-pyrrole nitrogens is 1. The van der Waals surface area contributed by atoms with E-state index in [4.69, 9.17) is 4.74 Å². The van der Waals surface area contributed by atoms with E-state index in [1.54, 1.807) is 18.2 Å². The number of rotatable bonds is 3. The van der Waals surface area contributed by atoms with E-state index in [0.29, 0.717) is 53.1 Å². The van der Waals surface area contributed by atoms with Crippen LogP contribution >= 0.6 is 0 Å². The maximum atomic E-state index is 13.1. The summed E-state index contributed by atoms with van der Waals surface area (Å²) in [6, 6.07) is 9.14. The van der Waals surface area contributed by atoms with Gasteiger partial charge in [0.05, 0.1) is 16.8 Å². The van der Waals surface area contributed by atoms with Gasteiger partial charge in [-0.3, -0.25) is 9.89 Å². The Hall–Kier alpha value is -3.75. The minimum absolute atomic E-state index is 0.163. The maximum absolute atomic E-state index is 13.1.